The molecule has 0 aliphatic heterocycles. The molecule has 26 heavy (non-hydrogen) atoms. The van der Waals surface area contributed by atoms with Gasteiger partial charge in [0.1, 0.15) is 0 Å². The van der Waals surface area contributed by atoms with Gasteiger partial charge >= 0.3 is 5.97 Å². The second kappa shape index (κ2) is 16.8. The van der Waals surface area contributed by atoms with E-state index in [-0.39, 0.29) is 18.5 Å². The summed E-state index contributed by atoms with van der Waals surface area (Å²) in [7, 11) is 1.24. The lowest BCUT2D eigenvalue weighted by Gasteiger charge is -2.06. The highest BCUT2D eigenvalue weighted by Gasteiger charge is 2.14. The van der Waals surface area contributed by atoms with Crippen LogP contribution in [0.5, 0.6) is 0 Å². The summed E-state index contributed by atoms with van der Waals surface area (Å²) in [5.74, 6) is -1.67. The van der Waals surface area contributed by atoms with Crippen LogP contribution >= 0.6 is 0 Å². The van der Waals surface area contributed by atoms with Gasteiger partial charge in [-0.3, -0.25) is 9.59 Å². The Labute approximate surface area is 158 Å². The Kier molecular flexibility index (Phi) is 15.7. The molecule has 0 heterocycles. The first kappa shape index (κ1) is 24.4. The lowest BCUT2D eigenvalue weighted by molar-refractivity contribution is -0.138. The van der Waals surface area contributed by atoms with E-state index in [9.17, 15) is 14.4 Å². The highest BCUT2D eigenvalue weighted by molar-refractivity contribution is 6.36. The maximum Gasteiger partial charge on any atom is 0.334 e. The molecule has 0 bridgehead atoms. The zero-order valence-corrected chi connectivity index (χ0v) is 16.7. The third-order valence-corrected chi connectivity index (χ3v) is 4.45. The number of amides is 1. The van der Waals surface area contributed by atoms with Crippen molar-refractivity contribution in [3.05, 3.63) is 12.2 Å². The fourth-order valence-electron chi connectivity index (χ4n) is 2.74. The number of ether oxygens (including phenoxy) is 1. The minimum atomic E-state index is -0.655. The van der Waals surface area contributed by atoms with Crippen LogP contribution in [0, 0.1) is 0 Å². The Morgan fingerprint density at radius 3 is 1.73 bits per heavy atom. The van der Waals surface area contributed by atoms with E-state index in [4.69, 9.17) is 0 Å². The second-order valence-corrected chi connectivity index (χ2v) is 6.84. The smallest absolute Gasteiger partial charge is 0.334 e. The SMILES string of the molecule is C=C(CNC(=O)C(=O)CCCCCCCCCCCCCC)C(=O)OC. The van der Waals surface area contributed by atoms with Gasteiger partial charge in [-0.2, -0.15) is 0 Å². The van der Waals surface area contributed by atoms with Gasteiger partial charge in [0.25, 0.3) is 5.91 Å². The summed E-state index contributed by atoms with van der Waals surface area (Å²) >= 11 is 0. The monoisotopic (exact) mass is 367 g/mol. The Balaban J connectivity index is 3.49. The van der Waals surface area contributed by atoms with Crippen LogP contribution in [0.4, 0.5) is 0 Å². The van der Waals surface area contributed by atoms with Crippen molar-refractivity contribution in [2.45, 2.75) is 90.4 Å². The van der Waals surface area contributed by atoms with Crippen molar-refractivity contribution in [1.82, 2.24) is 5.32 Å². The summed E-state index contributed by atoms with van der Waals surface area (Å²) in [5, 5.41) is 2.40. The van der Waals surface area contributed by atoms with Crippen LogP contribution in [0.15, 0.2) is 12.2 Å². The van der Waals surface area contributed by atoms with Crippen LogP contribution in [0.25, 0.3) is 0 Å². The van der Waals surface area contributed by atoms with Crippen molar-refractivity contribution >= 4 is 17.7 Å². The molecule has 0 unspecified atom stereocenters. The topological polar surface area (TPSA) is 72.5 Å². The molecule has 0 spiro atoms. The second-order valence-electron chi connectivity index (χ2n) is 6.84. The standard InChI is InChI=1S/C21H37NO4/c1-4-5-6-7-8-9-10-11-12-13-14-15-16-19(23)20(24)22-17-18(2)21(25)26-3/h2,4-17H2,1,3H3,(H,22,24). The highest BCUT2D eigenvalue weighted by atomic mass is 16.5. The maximum absolute atomic E-state index is 11.7. The number of carbonyl (C=O) groups is 3. The Bertz CT molecular complexity index is 432. The molecule has 0 aromatic carbocycles. The van der Waals surface area contributed by atoms with E-state index in [0.29, 0.717) is 0 Å². The predicted molar refractivity (Wildman–Crippen MR) is 105 cm³/mol. The zero-order valence-electron chi connectivity index (χ0n) is 16.7. The zero-order chi connectivity index (χ0) is 19.6. The molecule has 0 rings (SSSR count). The first-order valence-electron chi connectivity index (χ1n) is 10.1. The van der Waals surface area contributed by atoms with E-state index >= 15 is 0 Å². The molecule has 0 atom stereocenters. The van der Waals surface area contributed by atoms with Gasteiger partial charge < -0.3 is 10.1 Å². The van der Waals surface area contributed by atoms with E-state index in [1.54, 1.807) is 0 Å². The number of ketones is 1. The molecule has 0 radical (unpaired) electrons. The molecular formula is C21H37NO4. The molecule has 5 nitrogen and oxygen atoms in total. The fourth-order valence-corrected chi connectivity index (χ4v) is 2.74. The van der Waals surface area contributed by atoms with Crippen molar-refractivity contribution in [2.75, 3.05) is 13.7 Å². The first-order chi connectivity index (χ1) is 12.5. The van der Waals surface area contributed by atoms with E-state index in [0.717, 1.165) is 19.3 Å². The number of hydrogen-bond acceptors (Lipinski definition) is 4. The van der Waals surface area contributed by atoms with Gasteiger partial charge in [0.05, 0.1) is 7.11 Å². The molecule has 1 N–H and O–H groups in total. The van der Waals surface area contributed by atoms with Crippen molar-refractivity contribution in [3.8, 4) is 0 Å². The third kappa shape index (κ3) is 13.6. The molecule has 0 aliphatic rings. The number of hydrogen-bond donors (Lipinski definition) is 1. The molecule has 0 aromatic heterocycles. The van der Waals surface area contributed by atoms with E-state index in [1.807, 2.05) is 0 Å². The molecule has 0 fully saturated rings. The summed E-state index contributed by atoms with van der Waals surface area (Å²) in [6.07, 6.45) is 14.9. The van der Waals surface area contributed by atoms with Crippen LogP contribution in [0.1, 0.15) is 90.4 Å². The van der Waals surface area contributed by atoms with Gasteiger partial charge in [0.15, 0.2) is 0 Å². The minimum Gasteiger partial charge on any atom is -0.466 e. The average molecular weight is 368 g/mol. The van der Waals surface area contributed by atoms with Crippen molar-refractivity contribution in [2.24, 2.45) is 0 Å². The van der Waals surface area contributed by atoms with Gasteiger partial charge in [-0.25, -0.2) is 4.79 Å². The molecule has 1 amide bonds. The van der Waals surface area contributed by atoms with Crippen molar-refractivity contribution in [1.29, 1.82) is 0 Å². The summed E-state index contributed by atoms with van der Waals surface area (Å²) in [6, 6.07) is 0. The largest absolute Gasteiger partial charge is 0.466 e. The lowest BCUT2D eigenvalue weighted by Crippen LogP contribution is -2.33. The van der Waals surface area contributed by atoms with Crippen LogP contribution in [0.2, 0.25) is 0 Å². The molecule has 0 aromatic rings. The maximum atomic E-state index is 11.7. The predicted octanol–water partition coefficient (Wildman–Crippen LogP) is 4.49. The summed E-state index contributed by atoms with van der Waals surface area (Å²) < 4.78 is 4.48. The van der Waals surface area contributed by atoms with Crippen molar-refractivity contribution < 1.29 is 19.1 Å². The average Bonchev–Trinajstić information content (AvgIpc) is 2.65. The summed E-state index contributed by atoms with van der Waals surface area (Å²) in [5.41, 5.74) is 0.124. The lowest BCUT2D eigenvalue weighted by atomic mass is 10.0. The number of Topliss-reactive ketones (excluding diaryl/α,β-unsaturated/α-hetero) is 1. The van der Waals surface area contributed by atoms with E-state index in [2.05, 4.69) is 23.6 Å². The number of unbranched alkanes of at least 4 members (excludes halogenated alkanes) is 11. The minimum absolute atomic E-state index is 0.0598. The summed E-state index contributed by atoms with van der Waals surface area (Å²) in [6.45, 7) is 5.67. The Hall–Kier alpha value is -1.65. The van der Waals surface area contributed by atoms with Gasteiger partial charge in [-0.05, 0) is 6.42 Å². The normalized spacial score (nSPS) is 10.4. The first-order valence-corrected chi connectivity index (χ1v) is 10.1. The van der Waals surface area contributed by atoms with E-state index in [1.165, 1.54) is 64.9 Å². The molecule has 150 valence electrons. The number of esters is 1. The third-order valence-electron chi connectivity index (χ3n) is 4.45. The fraction of sp³-hybridized carbons (Fsp3) is 0.762. The number of carbonyl (C=O) groups excluding carboxylic acids is 3. The van der Waals surface area contributed by atoms with Crippen LogP contribution in [-0.2, 0) is 19.1 Å². The molecular weight excluding hydrogens is 330 g/mol. The van der Waals surface area contributed by atoms with Crippen LogP contribution < -0.4 is 5.32 Å². The number of rotatable bonds is 17. The Morgan fingerprint density at radius 1 is 0.808 bits per heavy atom. The highest BCUT2D eigenvalue weighted by Crippen LogP contribution is 2.12. The van der Waals surface area contributed by atoms with Gasteiger partial charge in [-0.15, -0.1) is 0 Å². The van der Waals surface area contributed by atoms with Gasteiger partial charge in [0, 0.05) is 18.5 Å². The molecule has 5 heteroatoms. The van der Waals surface area contributed by atoms with Gasteiger partial charge in [0.2, 0.25) is 5.78 Å². The molecule has 0 saturated heterocycles. The number of nitrogens with one attached hydrogen (secondary N) is 1. The van der Waals surface area contributed by atoms with E-state index < -0.39 is 17.7 Å². The quantitative estimate of drug-likeness (QED) is 0.178. The number of methoxy groups -OCH3 is 1. The molecule has 0 aliphatic carbocycles. The molecule has 0 saturated carbocycles. The van der Waals surface area contributed by atoms with Crippen LogP contribution in [0.3, 0.4) is 0 Å². The summed E-state index contributed by atoms with van der Waals surface area (Å²) in [4.78, 5) is 34.5. The van der Waals surface area contributed by atoms with Crippen LogP contribution in [-0.4, -0.2) is 31.3 Å². The Morgan fingerprint density at radius 2 is 1.27 bits per heavy atom. The van der Waals surface area contributed by atoms with Gasteiger partial charge in [-0.1, -0.05) is 84.1 Å². The van der Waals surface area contributed by atoms with Crippen molar-refractivity contribution in [3.63, 3.8) is 0 Å².